The Kier molecular flexibility index (Phi) is 4.32. The van der Waals surface area contributed by atoms with Crippen molar-refractivity contribution < 1.29 is 14.9 Å². The second kappa shape index (κ2) is 6.55. The number of aromatic hydroxyl groups is 2. The van der Waals surface area contributed by atoms with Crippen LogP contribution in [0.25, 0.3) is 0 Å². The standard InChI is InChI=1S/C12H9NO3.C4H10N2/c14-7-2-4-11-10(5-7)13-9-3-1-8(15)6-12(9)16-11;1-2-6-4-3-5-1/h1-6,13-15H;5-6H,1-4H2. The number of hydrogen-bond donors (Lipinski definition) is 5. The van der Waals surface area contributed by atoms with Crippen LogP contribution in [0.15, 0.2) is 36.4 Å². The zero-order chi connectivity index (χ0) is 15.4. The quantitative estimate of drug-likeness (QED) is 0.409. The van der Waals surface area contributed by atoms with Gasteiger partial charge in [-0.1, -0.05) is 0 Å². The van der Waals surface area contributed by atoms with Crippen LogP contribution in [0.1, 0.15) is 0 Å². The van der Waals surface area contributed by atoms with Crippen molar-refractivity contribution >= 4 is 11.4 Å². The Morgan fingerprint density at radius 2 is 1.36 bits per heavy atom. The molecule has 22 heavy (non-hydrogen) atoms. The van der Waals surface area contributed by atoms with Gasteiger partial charge in [0.1, 0.15) is 11.5 Å². The number of benzene rings is 2. The molecule has 6 heteroatoms. The highest BCUT2D eigenvalue weighted by atomic mass is 16.5. The fraction of sp³-hybridized carbons (Fsp3) is 0.250. The predicted octanol–water partition coefficient (Wildman–Crippen LogP) is 2.13. The Labute approximate surface area is 128 Å². The molecule has 2 aromatic rings. The molecule has 1 saturated heterocycles. The molecule has 2 aromatic carbocycles. The van der Waals surface area contributed by atoms with Crippen molar-refractivity contribution in [3.63, 3.8) is 0 Å². The van der Waals surface area contributed by atoms with Gasteiger partial charge in [-0.15, -0.1) is 0 Å². The minimum Gasteiger partial charge on any atom is -0.508 e. The second-order valence-electron chi connectivity index (χ2n) is 5.09. The average Bonchev–Trinajstić information content (AvgIpc) is 2.55. The van der Waals surface area contributed by atoms with Gasteiger partial charge < -0.3 is 30.9 Å². The molecule has 2 aliphatic heterocycles. The summed E-state index contributed by atoms with van der Waals surface area (Å²) >= 11 is 0. The summed E-state index contributed by atoms with van der Waals surface area (Å²) in [5.41, 5.74) is 1.47. The molecular weight excluding hydrogens is 282 g/mol. The van der Waals surface area contributed by atoms with Crippen molar-refractivity contribution in [2.45, 2.75) is 0 Å². The summed E-state index contributed by atoms with van der Waals surface area (Å²) in [6.07, 6.45) is 0. The fourth-order valence-corrected chi connectivity index (χ4v) is 2.27. The number of ether oxygens (including phenoxy) is 1. The molecule has 4 rings (SSSR count). The van der Waals surface area contributed by atoms with E-state index in [0.29, 0.717) is 17.2 Å². The first-order chi connectivity index (χ1) is 10.7. The molecule has 0 aliphatic carbocycles. The molecule has 116 valence electrons. The lowest BCUT2D eigenvalue weighted by atomic mass is 10.2. The molecule has 2 aliphatic rings. The Morgan fingerprint density at radius 1 is 0.727 bits per heavy atom. The van der Waals surface area contributed by atoms with E-state index in [1.807, 2.05) is 0 Å². The third-order valence-electron chi connectivity index (χ3n) is 3.37. The normalized spacial score (nSPS) is 15.3. The molecule has 0 aromatic heterocycles. The summed E-state index contributed by atoms with van der Waals surface area (Å²) in [6, 6.07) is 9.64. The molecule has 0 saturated carbocycles. The van der Waals surface area contributed by atoms with Crippen molar-refractivity contribution in [1.82, 2.24) is 10.6 Å². The number of rotatable bonds is 0. The van der Waals surface area contributed by atoms with E-state index in [9.17, 15) is 10.2 Å². The van der Waals surface area contributed by atoms with Gasteiger partial charge in [-0.3, -0.25) is 0 Å². The molecule has 0 spiro atoms. The third-order valence-corrected chi connectivity index (χ3v) is 3.37. The zero-order valence-electron chi connectivity index (χ0n) is 12.1. The zero-order valence-corrected chi connectivity index (χ0v) is 12.1. The molecule has 0 bridgehead atoms. The van der Waals surface area contributed by atoms with Crippen molar-refractivity contribution in [3.05, 3.63) is 36.4 Å². The molecule has 1 fully saturated rings. The topological polar surface area (TPSA) is 85.8 Å². The minimum absolute atomic E-state index is 0.155. The van der Waals surface area contributed by atoms with Crippen molar-refractivity contribution in [2.24, 2.45) is 0 Å². The van der Waals surface area contributed by atoms with E-state index in [1.54, 1.807) is 30.3 Å². The van der Waals surface area contributed by atoms with Crippen LogP contribution in [0.2, 0.25) is 0 Å². The van der Waals surface area contributed by atoms with Crippen molar-refractivity contribution in [3.8, 4) is 23.0 Å². The van der Waals surface area contributed by atoms with Crippen LogP contribution < -0.4 is 20.7 Å². The Bertz CT molecular complexity index is 594. The summed E-state index contributed by atoms with van der Waals surface area (Å²) in [7, 11) is 0. The highest BCUT2D eigenvalue weighted by molar-refractivity contribution is 5.76. The van der Waals surface area contributed by atoms with Gasteiger partial charge in [0.15, 0.2) is 11.5 Å². The van der Waals surface area contributed by atoms with Gasteiger partial charge in [-0.25, -0.2) is 0 Å². The number of piperazine rings is 1. The lowest BCUT2D eigenvalue weighted by Gasteiger charge is -2.21. The first-order valence-electron chi connectivity index (χ1n) is 7.25. The van der Waals surface area contributed by atoms with Crippen LogP contribution in [0.5, 0.6) is 23.0 Å². The SMILES string of the molecule is C1CNCCN1.Oc1ccc2c(c1)Nc1ccc(O)cc1O2. The van der Waals surface area contributed by atoms with Crippen LogP contribution in [-0.2, 0) is 0 Å². The van der Waals surface area contributed by atoms with E-state index in [4.69, 9.17) is 4.74 Å². The van der Waals surface area contributed by atoms with E-state index in [1.165, 1.54) is 6.07 Å². The van der Waals surface area contributed by atoms with Gasteiger partial charge in [-0.05, 0) is 24.3 Å². The van der Waals surface area contributed by atoms with Crippen LogP contribution in [0.4, 0.5) is 11.4 Å². The maximum Gasteiger partial charge on any atom is 0.154 e. The monoisotopic (exact) mass is 301 g/mol. The summed E-state index contributed by atoms with van der Waals surface area (Å²) < 4.78 is 5.58. The highest BCUT2D eigenvalue weighted by Crippen LogP contribution is 2.44. The van der Waals surface area contributed by atoms with Crippen LogP contribution in [0.3, 0.4) is 0 Å². The molecule has 0 unspecified atom stereocenters. The van der Waals surface area contributed by atoms with E-state index in [0.717, 1.165) is 31.9 Å². The lowest BCUT2D eigenvalue weighted by molar-refractivity contribution is 0.450. The van der Waals surface area contributed by atoms with Crippen LogP contribution >= 0.6 is 0 Å². The van der Waals surface area contributed by atoms with E-state index in [2.05, 4.69) is 16.0 Å². The lowest BCUT2D eigenvalue weighted by Crippen LogP contribution is -2.39. The number of fused-ring (bicyclic) bond motifs is 2. The largest absolute Gasteiger partial charge is 0.508 e. The summed E-state index contributed by atoms with van der Waals surface area (Å²) in [6.45, 7) is 4.56. The Morgan fingerprint density at radius 3 is 2.05 bits per heavy atom. The fourth-order valence-electron chi connectivity index (χ4n) is 2.27. The van der Waals surface area contributed by atoms with Gasteiger partial charge in [0.05, 0.1) is 11.4 Å². The molecule has 0 atom stereocenters. The number of hydrogen-bond acceptors (Lipinski definition) is 6. The number of phenols is 2. The van der Waals surface area contributed by atoms with Gasteiger partial charge in [-0.2, -0.15) is 0 Å². The second-order valence-corrected chi connectivity index (χ2v) is 5.09. The molecule has 0 radical (unpaired) electrons. The number of phenolic OH excluding ortho intramolecular Hbond substituents is 2. The van der Waals surface area contributed by atoms with E-state index < -0.39 is 0 Å². The maximum absolute atomic E-state index is 9.34. The summed E-state index contributed by atoms with van der Waals surface area (Å²) in [4.78, 5) is 0. The average molecular weight is 301 g/mol. The van der Waals surface area contributed by atoms with E-state index in [-0.39, 0.29) is 11.5 Å². The molecule has 2 heterocycles. The molecule has 5 N–H and O–H groups in total. The van der Waals surface area contributed by atoms with Crippen molar-refractivity contribution in [1.29, 1.82) is 0 Å². The van der Waals surface area contributed by atoms with Gasteiger partial charge >= 0.3 is 0 Å². The summed E-state index contributed by atoms with van der Waals surface area (Å²) in [5.74, 6) is 1.52. The molecule has 0 amide bonds. The third kappa shape index (κ3) is 3.41. The summed E-state index contributed by atoms with van der Waals surface area (Å²) in [5, 5.41) is 28.2. The van der Waals surface area contributed by atoms with Gasteiger partial charge in [0.2, 0.25) is 0 Å². The van der Waals surface area contributed by atoms with E-state index >= 15 is 0 Å². The highest BCUT2D eigenvalue weighted by Gasteiger charge is 2.16. The number of anilines is 2. The molecule has 6 nitrogen and oxygen atoms in total. The van der Waals surface area contributed by atoms with Gasteiger partial charge in [0.25, 0.3) is 0 Å². The Hall–Kier alpha value is -2.44. The predicted molar refractivity (Wildman–Crippen MR) is 85.3 cm³/mol. The first-order valence-corrected chi connectivity index (χ1v) is 7.25. The smallest absolute Gasteiger partial charge is 0.154 e. The van der Waals surface area contributed by atoms with Crippen LogP contribution in [-0.4, -0.2) is 36.4 Å². The van der Waals surface area contributed by atoms with Gasteiger partial charge in [0, 0.05) is 38.3 Å². The molecular formula is C16H19N3O3. The van der Waals surface area contributed by atoms with Crippen LogP contribution in [0, 0.1) is 0 Å². The Balaban J connectivity index is 0.000000202. The van der Waals surface area contributed by atoms with Crippen molar-refractivity contribution in [2.75, 3.05) is 31.5 Å². The maximum atomic E-state index is 9.34. The number of nitrogens with one attached hydrogen (secondary N) is 3. The first kappa shape index (κ1) is 14.5. The minimum atomic E-state index is 0.155.